The maximum Gasteiger partial charge on any atom is 0.272 e. The van der Waals surface area contributed by atoms with Gasteiger partial charge in [-0.05, 0) is 18.2 Å². The molecule has 5 heteroatoms. The molecule has 1 aromatic carbocycles. The van der Waals surface area contributed by atoms with Crippen LogP contribution in [-0.4, -0.2) is 15.5 Å². The SMILES string of the molecule is Cn1c(C(=O)Nc2ccccc2)cc2ncsc21. The molecular formula is C13H11N3OS. The van der Waals surface area contributed by atoms with Gasteiger partial charge in [0.05, 0.1) is 5.51 Å². The van der Waals surface area contributed by atoms with E-state index in [0.29, 0.717) is 5.69 Å². The molecule has 2 aromatic heterocycles. The molecule has 0 fully saturated rings. The van der Waals surface area contributed by atoms with Crippen molar-refractivity contribution in [3.05, 3.63) is 47.6 Å². The standard InChI is InChI=1S/C13H11N3OS/c1-16-11(7-10-13(16)18-8-14-10)12(17)15-9-5-3-2-4-6-9/h2-8H,1H3,(H,15,17). The summed E-state index contributed by atoms with van der Waals surface area (Å²) in [5.74, 6) is -0.117. The average Bonchev–Trinajstić information content (AvgIpc) is 2.94. The molecule has 0 unspecified atom stereocenters. The van der Waals surface area contributed by atoms with Gasteiger partial charge in [-0.3, -0.25) is 4.79 Å². The third-order valence-electron chi connectivity index (χ3n) is 2.78. The highest BCUT2D eigenvalue weighted by atomic mass is 32.1. The predicted octanol–water partition coefficient (Wildman–Crippen LogP) is 2.89. The lowest BCUT2D eigenvalue weighted by Crippen LogP contribution is -2.15. The Hall–Kier alpha value is -2.14. The van der Waals surface area contributed by atoms with E-state index in [4.69, 9.17) is 0 Å². The average molecular weight is 257 g/mol. The van der Waals surface area contributed by atoms with Crippen molar-refractivity contribution in [1.82, 2.24) is 9.55 Å². The zero-order valence-corrected chi connectivity index (χ0v) is 10.6. The van der Waals surface area contributed by atoms with Crippen LogP contribution < -0.4 is 5.32 Å². The third kappa shape index (κ3) is 1.78. The lowest BCUT2D eigenvalue weighted by Gasteiger charge is -2.05. The van der Waals surface area contributed by atoms with Crippen LogP contribution in [0.3, 0.4) is 0 Å². The van der Waals surface area contributed by atoms with Crippen LogP contribution in [0.15, 0.2) is 41.9 Å². The van der Waals surface area contributed by atoms with Gasteiger partial charge in [0.1, 0.15) is 16.0 Å². The van der Waals surface area contributed by atoms with E-state index in [0.717, 1.165) is 16.0 Å². The van der Waals surface area contributed by atoms with Crippen molar-refractivity contribution in [2.45, 2.75) is 0 Å². The molecule has 0 saturated heterocycles. The van der Waals surface area contributed by atoms with E-state index in [9.17, 15) is 4.79 Å². The minimum absolute atomic E-state index is 0.117. The van der Waals surface area contributed by atoms with Crippen LogP contribution in [0, 0.1) is 0 Å². The van der Waals surface area contributed by atoms with Crippen LogP contribution in [0.1, 0.15) is 10.5 Å². The molecule has 4 nitrogen and oxygen atoms in total. The molecule has 2 heterocycles. The molecule has 1 N–H and O–H groups in total. The second kappa shape index (κ2) is 4.27. The molecule has 3 aromatic rings. The van der Waals surface area contributed by atoms with Crippen molar-refractivity contribution >= 4 is 33.3 Å². The van der Waals surface area contributed by atoms with Crippen molar-refractivity contribution in [3.63, 3.8) is 0 Å². The van der Waals surface area contributed by atoms with Gasteiger partial charge < -0.3 is 9.88 Å². The first kappa shape index (κ1) is 11.0. The van der Waals surface area contributed by atoms with Gasteiger partial charge in [-0.1, -0.05) is 18.2 Å². The number of rotatable bonds is 2. The molecule has 0 atom stereocenters. The first-order chi connectivity index (χ1) is 8.75. The highest BCUT2D eigenvalue weighted by Gasteiger charge is 2.14. The zero-order valence-electron chi connectivity index (χ0n) is 9.75. The van der Waals surface area contributed by atoms with Crippen LogP contribution in [0.5, 0.6) is 0 Å². The summed E-state index contributed by atoms with van der Waals surface area (Å²) in [6, 6.07) is 11.2. The third-order valence-corrected chi connectivity index (χ3v) is 3.70. The molecule has 0 aliphatic heterocycles. The molecule has 90 valence electrons. The Morgan fingerprint density at radius 1 is 1.33 bits per heavy atom. The summed E-state index contributed by atoms with van der Waals surface area (Å²) in [7, 11) is 1.88. The molecule has 18 heavy (non-hydrogen) atoms. The van der Waals surface area contributed by atoms with Crippen LogP contribution in [0.4, 0.5) is 5.69 Å². The van der Waals surface area contributed by atoms with Crippen LogP contribution in [-0.2, 0) is 7.05 Å². The number of aromatic nitrogens is 2. The van der Waals surface area contributed by atoms with Crippen molar-refractivity contribution in [2.75, 3.05) is 5.32 Å². The number of anilines is 1. The van der Waals surface area contributed by atoms with E-state index in [1.807, 2.05) is 48.0 Å². The van der Waals surface area contributed by atoms with Gasteiger partial charge in [0.2, 0.25) is 0 Å². The van der Waals surface area contributed by atoms with Crippen LogP contribution >= 0.6 is 11.3 Å². The fourth-order valence-corrected chi connectivity index (χ4v) is 2.62. The first-order valence-corrected chi connectivity index (χ1v) is 6.39. The summed E-state index contributed by atoms with van der Waals surface area (Å²) >= 11 is 1.53. The zero-order chi connectivity index (χ0) is 12.5. The van der Waals surface area contributed by atoms with Crippen molar-refractivity contribution in [3.8, 4) is 0 Å². The molecule has 0 aliphatic rings. The fourth-order valence-electron chi connectivity index (χ4n) is 1.87. The number of amides is 1. The minimum atomic E-state index is -0.117. The Bertz CT molecular complexity index is 699. The van der Waals surface area contributed by atoms with Crippen LogP contribution in [0.2, 0.25) is 0 Å². The van der Waals surface area contributed by atoms with Gasteiger partial charge in [-0.15, -0.1) is 11.3 Å². The summed E-state index contributed by atoms with van der Waals surface area (Å²) in [6.07, 6.45) is 0. The normalized spacial score (nSPS) is 10.7. The van der Waals surface area contributed by atoms with Gasteiger partial charge in [-0.25, -0.2) is 4.98 Å². The first-order valence-electron chi connectivity index (χ1n) is 5.51. The van der Waals surface area contributed by atoms with E-state index >= 15 is 0 Å². The maximum atomic E-state index is 12.1. The van der Waals surface area contributed by atoms with Gasteiger partial charge in [-0.2, -0.15) is 0 Å². The van der Waals surface area contributed by atoms with Crippen molar-refractivity contribution in [1.29, 1.82) is 0 Å². The largest absolute Gasteiger partial charge is 0.330 e. The van der Waals surface area contributed by atoms with Crippen molar-refractivity contribution < 1.29 is 4.79 Å². The molecule has 0 spiro atoms. The number of para-hydroxylation sites is 1. The minimum Gasteiger partial charge on any atom is -0.330 e. The predicted molar refractivity (Wildman–Crippen MR) is 73.0 cm³/mol. The Morgan fingerprint density at radius 2 is 2.11 bits per heavy atom. The highest BCUT2D eigenvalue weighted by Crippen LogP contribution is 2.22. The number of hydrogen-bond donors (Lipinski definition) is 1. The summed E-state index contributed by atoms with van der Waals surface area (Å²) in [6.45, 7) is 0. The number of carbonyl (C=O) groups excluding carboxylic acids is 1. The van der Waals surface area contributed by atoms with E-state index < -0.39 is 0 Å². The Balaban J connectivity index is 1.92. The number of nitrogens with zero attached hydrogens (tertiary/aromatic N) is 2. The summed E-state index contributed by atoms with van der Waals surface area (Å²) in [5.41, 5.74) is 4.05. The van der Waals surface area contributed by atoms with E-state index in [-0.39, 0.29) is 5.91 Å². The molecule has 3 rings (SSSR count). The summed E-state index contributed by atoms with van der Waals surface area (Å²) in [4.78, 5) is 17.4. The Kier molecular flexibility index (Phi) is 2.60. The molecule has 0 aliphatic carbocycles. The van der Waals surface area contributed by atoms with Gasteiger partial charge >= 0.3 is 0 Å². The van der Waals surface area contributed by atoms with E-state index in [2.05, 4.69) is 10.3 Å². The molecular weight excluding hydrogens is 246 g/mol. The maximum absolute atomic E-state index is 12.1. The van der Waals surface area contributed by atoms with Gasteiger partial charge in [0.15, 0.2) is 0 Å². The summed E-state index contributed by atoms with van der Waals surface area (Å²) in [5, 5.41) is 2.87. The summed E-state index contributed by atoms with van der Waals surface area (Å²) < 4.78 is 1.87. The number of aryl methyl sites for hydroxylation is 1. The molecule has 1 amide bonds. The van der Waals surface area contributed by atoms with Crippen LogP contribution in [0.25, 0.3) is 10.3 Å². The topological polar surface area (TPSA) is 46.9 Å². The van der Waals surface area contributed by atoms with Gasteiger partial charge in [0, 0.05) is 12.7 Å². The Morgan fingerprint density at radius 3 is 2.83 bits per heavy atom. The monoisotopic (exact) mass is 257 g/mol. The van der Waals surface area contributed by atoms with E-state index in [1.54, 1.807) is 5.51 Å². The fraction of sp³-hybridized carbons (Fsp3) is 0.0769. The number of thiazole rings is 1. The van der Waals surface area contributed by atoms with Gasteiger partial charge in [0.25, 0.3) is 5.91 Å². The number of nitrogens with one attached hydrogen (secondary N) is 1. The molecule has 0 bridgehead atoms. The van der Waals surface area contributed by atoms with Crippen molar-refractivity contribution in [2.24, 2.45) is 7.05 Å². The lowest BCUT2D eigenvalue weighted by molar-refractivity contribution is 0.102. The molecule has 0 saturated carbocycles. The number of carbonyl (C=O) groups is 1. The molecule has 0 radical (unpaired) electrons. The quantitative estimate of drug-likeness (QED) is 0.767. The lowest BCUT2D eigenvalue weighted by atomic mass is 10.3. The number of benzene rings is 1. The van der Waals surface area contributed by atoms with E-state index in [1.165, 1.54) is 11.3 Å². The number of fused-ring (bicyclic) bond motifs is 1. The number of hydrogen-bond acceptors (Lipinski definition) is 3. The highest BCUT2D eigenvalue weighted by molar-refractivity contribution is 7.16. The Labute approximate surface area is 108 Å². The smallest absolute Gasteiger partial charge is 0.272 e. The second-order valence-electron chi connectivity index (χ2n) is 3.95. The second-order valence-corrected chi connectivity index (χ2v) is 4.78.